The number of Topliss-reactive ketones (excluding diaryl/α,β-unsaturated/α-hetero) is 2. The highest BCUT2D eigenvalue weighted by Crippen LogP contribution is 2.36. The van der Waals surface area contributed by atoms with Gasteiger partial charge < -0.3 is 34.6 Å². The van der Waals surface area contributed by atoms with Crippen molar-refractivity contribution in [3.63, 3.8) is 0 Å². The predicted octanol–water partition coefficient (Wildman–Crippen LogP) is 16.0. The lowest BCUT2D eigenvalue weighted by atomic mass is 9.76. The van der Waals surface area contributed by atoms with Gasteiger partial charge in [0, 0.05) is 41.1 Å². The molecule has 4 aromatic heterocycles. The van der Waals surface area contributed by atoms with Gasteiger partial charge >= 0.3 is 11.9 Å². The first kappa shape index (κ1) is 96.6. The summed E-state index contributed by atoms with van der Waals surface area (Å²) < 4.78 is 21.4. The van der Waals surface area contributed by atoms with Gasteiger partial charge in [0.05, 0.1) is 52.1 Å². The molecule has 0 aliphatic carbocycles. The summed E-state index contributed by atoms with van der Waals surface area (Å²) in [6.45, 7) is 18.0. The number of pyridine rings is 1. The molecule has 0 aliphatic heterocycles. The zero-order chi connectivity index (χ0) is 92.6. The second-order valence-corrected chi connectivity index (χ2v) is 30.4. The highest BCUT2D eigenvalue weighted by molar-refractivity contribution is 6.07. The molecule has 29 heteroatoms. The molecule has 29 nitrogen and oxygen atoms in total. The molecular formula is C101H105N17O12. The minimum absolute atomic E-state index is 0.000633. The molecule has 0 saturated heterocycles. The molecule has 0 fully saturated rings. The van der Waals surface area contributed by atoms with Crippen LogP contribution in [0.3, 0.4) is 0 Å². The maximum Gasteiger partial charge on any atom is 0.347 e. The third-order valence-corrected chi connectivity index (χ3v) is 20.4. The molecule has 0 bridgehead atoms. The number of aromatic amines is 1. The van der Waals surface area contributed by atoms with Gasteiger partial charge in [0.1, 0.15) is 17.6 Å². The molecule has 4 heterocycles. The average Bonchev–Trinajstić information content (AvgIpc) is 1.09. The van der Waals surface area contributed by atoms with E-state index in [2.05, 4.69) is 87.4 Å². The van der Waals surface area contributed by atoms with Gasteiger partial charge in [-0.05, 0) is 187 Å². The predicted molar refractivity (Wildman–Crippen MR) is 491 cm³/mol. The SMILES string of the molecule is CCCCCc1ccc(C(=O)CC(c2ccc(C)cc2)C(C#N)(NC(=O)c2nnn(Cc3ccccc3)n2)C(=O)OCC)cc1.CCCCOc1ccc(-c2cc(-c3ccc(C)cc3)c(CC(=O)c3nnn(Cc4ccccc4)n3)c(=O)[nH]2)cc1.CCCCOc1ccc(C(=O)/C=C/c2ccc(C)cc2)cc1.CCOC(=O)C(C#N)NC(=O)c1nnn(Cc2ccccc2)n1. The van der Waals surface area contributed by atoms with Crippen LogP contribution in [0.25, 0.3) is 28.5 Å². The van der Waals surface area contributed by atoms with Gasteiger partial charge in [-0.15, -0.1) is 30.6 Å². The Morgan fingerprint density at radius 1 is 0.500 bits per heavy atom. The number of ketones is 3. The summed E-state index contributed by atoms with van der Waals surface area (Å²) in [7, 11) is 0. The van der Waals surface area contributed by atoms with Crippen molar-refractivity contribution in [1.82, 2.24) is 76.2 Å². The van der Waals surface area contributed by atoms with E-state index in [4.69, 9.17) is 19.5 Å². The number of H-pyrrole nitrogens is 1. The van der Waals surface area contributed by atoms with E-state index in [1.807, 2.05) is 251 Å². The van der Waals surface area contributed by atoms with E-state index >= 15 is 0 Å². The van der Waals surface area contributed by atoms with Crippen LogP contribution in [0.15, 0.2) is 254 Å². The number of carbonyl (C=O) groups excluding carboxylic acids is 7. The highest BCUT2D eigenvalue weighted by Gasteiger charge is 2.51. The number of allylic oxidation sites excluding steroid dienone is 1. The number of amides is 2. The third-order valence-electron chi connectivity index (χ3n) is 20.4. The number of benzene rings is 9. The summed E-state index contributed by atoms with van der Waals surface area (Å²) in [5.74, 6) is -4.23. The summed E-state index contributed by atoms with van der Waals surface area (Å²) >= 11 is 0. The molecule has 0 saturated carbocycles. The van der Waals surface area contributed by atoms with E-state index in [1.165, 1.54) is 20.0 Å². The average molecular weight is 1750 g/mol. The normalized spacial score (nSPS) is 11.6. The van der Waals surface area contributed by atoms with Crippen LogP contribution in [0.4, 0.5) is 0 Å². The van der Waals surface area contributed by atoms with Crippen molar-refractivity contribution in [2.24, 2.45) is 0 Å². The number of aromatic nitrogens is 13. The van der Waals surface area contributed by atoms with Gasteiger partial charge in [0.15, 0.2) is 11.6 Å². The molecule has 3 atom stereocenters. The van der Waals surface area contributed by atoms with Gasteiger partial charge in [-0.2, -0.15) is 24.9 Å². The number of rotatable bonds is 39. The molecular weight excluding hydrogens is 1640 g/mol. The van der Waals surface area contributed by atoms with Gasteiger partial charge in [0.25, 0.3) is 29.0 Å². The van der Waals surface area contributed by atoms with Crippen LogP contribution in [0.5, 0.6) is 11.5 Å². The van der Waals surface area contributed by atoms with Crippen molar-refractivity contribution in [1.29, 1.82) is 10.5 Å². The number of hydrogen-bond donors (Lipinski definition) is 3. The first-order valence-corrected chi connectivity index (χ1v) is 43.2. The maximum atomic E-state index is 13.7. The van der Waals surface area contributed by atoms with E-state index in [-0.39, 0.29) is 73.0 Å². The van der Waals surface area contributed by atoms with Crippen LogP contribution < -0.4 is 25.7 Å². The van der Waals surface area contributed by atoms with Crippen LogP contribution >= 0.6 is 0 Å². The van der Waals surface area contributed by atoms with Crippen molar-refractivity contribution >= 4 is 47.2 Å². The number of carbonyl (C=O) groups is 7. The maximum absolute atomic E-state index is 13.7. The number of aryl methyl sites for hydroxylation is 4. The Balaban J connectivity index is 0.000000188. The molecule has 13 rings (SSSR count). The van der Waals surface area contributed by atoms with Crippen LogP contribution in [0.2, 0.25) is 0 Å². The van der Waals surface area contributed by atoms with E-state index in [0.717, 1.165) is 120 Å². The quantitative estimate of drug-likeness (QED) is 0.0139. The van der Waals surface area contributed by atoms with Crippen LogP contribution in [0, 0.1) is 43.4 Å². The smallest absolute Gasteiger partial charge is 0.347 e. The number of tetrazole rings is 3. The fraction of sp³-hybridized carbons (Fsp3) is 0.277. The highest BCUT2D eigenvalue weighted by atomic mass is 16.5. The van der Waals surface area contributed by atoms with E-state index in [9.17, 15) is 43.6 Å². The molecule has 3 unspecified atom stereocenters. The molecule has 0 aliphatic rings. The number of unbranched alkanes of at least 4 members (excludes halogenated alkanes) is 4. The summed E-state index contributed by atoms with van der Waals surface area (Å²) in [6, 6.07) is 78.1. The molecule has 2 amide bonds. The number of ether oxygens (including phenoxy) is 4. The minimum atomic E-state index is -2.27. The Morgan fingerprint density at radius 2 is 0.969 bits per heavy atom. The van der Waals surface area contributed by atoms with Crippen LogP contribution in [0.1, 0.15) is 200 Å². The molecule has 666 valence electrons. The van der Waals surface area contributed by atoms with Crippen LogP contribution in [-0.4, -0.2) is 145 Å². The number of nitrogens with zero attached hydrogens (tertiary/aromatic N) is 14. The molecule has 130 heavy (non-hydrogen) atoms. The standard InChI is InChI=1S/C35H38N6O4.C32H31N5O3.C20H22O2.C14H14N6O3/c1-4-6-8-11-26-16-20-29(21-17-26)31(42)22-30(28-18-14-25(3)15-19-28)35(24-36,34(44)45-5-2)37-33(43)32-38-40-41(39-32)23-27-12-9-7-10-13-27;1-3-4-18-40-26-16-14-25(15-17-26)29-19-27(24-12-10-22(2)11-13-24)28(32(39)33-29)20-30(38)31-34-36-37(35-31)21-23-8-6-5-7-9-23;1-3-4-15-22-19-12-10-18(11-13-19)20(21)14-9-17-7-5-16(2)6-8-17;1-2-23-14(22)11(8-15)16-13(21)12-17-19-20(18-12)9-10-6-4-3-5-7-10/h7,9-10,12-21,30H,4-6,8,11,22-23H2,1-3H3,(H,37,43);5-17,19H,3-4,18,20-21H2,1-2H3,(H,33,39);5-14H,3-4,15H2,1-2H3;3-7,11H,2,9H2,1H3,(H,16,21)/b;;14-9+;. The Hall–Kier alpha value is -15.7. The lowest BCUT2D eigenvalue weighted by Gasteiger charge is -2.33. The first-order chi connectivity index (χ1) is 63.1. The molecule has 13 aromatic rings. The van der Waals surface area contributed by atoms with E-state index < -0.39 is 41.3 Å². The zero-order valence-corrected chi connectivity index (χ0v) is 74.1. The fourth-order valence-corrected chi connectivity index (χ4v) is 13.2. The Kier molecular flexibility index (Phi) is 37.1. The van der Waals surface area contributed by atoms with E-state index in [0.29, 0.717) is 53.2 Å². The molecule has 0 spiro atoms. The first-order valence-electron chi connectivity index (χ1n) is 43.2. The Bertz CT molecular complexity index is 6030. The van der Waals surface area contributed by atoms with Crippen LogP contribution in [-0.2, 0) is 51.5 Å². The van der Waals surface area contributed by atoms with Crippen molar-refractivity contribution in [3.05, 3.63) is 343 Å². The lowest BCUT2D eigenvalue weighted by molar-refractivity contribution is -0.149. The molecule has 0 radical (unpaired) electrons. The van der Waals surface area contributed by atoms with Crippen molar-refractivity contribution < 1.29 is 52.5 Å². The summed E-state index contributed by atoms with van der Waals surface area (Å²) in [5.41, 5.74) is 10.7. The number of nitrogens with one attached hydrogen (secondary N) is 3. The summed E-state index contributed by atoms with van der Waals surface area (Å²) in [6.07, 6.45) is 11.5. The Labute approximate surface area is 754 Å². The van der Waals surface area contributed by atoms with E-state index in [1.54, 1.807) is 50.3 Å². The number of esters is 2. The largest absolute Gasteiger partial charge is 0.494 e. The fourth-order valence-electron chi connectivity index (χ4n) is 13.2. The molecule has 9 aromatic carbocycles. The van der Waals surface area contributed by atoms with Crippen molar-refractivity contribution in [2.45, 2.75) is 157 Å². The molecule has 3 N–H and O–H groups in total. The topological polar surface area (TPSA) is 392 Å². The monoisotopic (exact) mass is 1750 g/mol. The van der Waals surface area contributed by atoms with Gasteiger partial charge in [-0.3, -0.25) is 28.8 Å². The minimum Gasteiger partial charge on any atom is -0.494 e. The third kappa shape index (κ3) is 29.0. The number of hydrogen-bond acceptors (Lipinski definition) is 23. The number of nitriles is 2. The Morgan fingerprint density at radius 3 is 1.47 bits per heavy atom. The van der Waals surface area contributed by atoms with Gasteiger partial charge in [-0.25, -0.2) is 9.59 Å². The lowest BCUT2D eigenvalue weighted by Crippen LogP contribution is -2.58. The van der Waals surface area contributed by atoms with Gasteiger partial charge in [-0.1, -0.05) is 257 Å². The second-order valence-electron chi connectivity index (χ2n) is 30.4. The zero-order valence-electron chi connectivity index (χ0n) is 74.1. The van der Waals surface area contributed by atoms with Gasteiger partial charge in [0.2, 0.25) is 23.2 Å². The van der Waals surface area contributed by atoms with Crippen molar-refractivity contribution in [2.75, 3.05) is 26.4 Å². The van der Waals surface area contributed by atoms with Crippen molar-refractivity contribution in [3.8, 4) is 46.0 Å². The second kappa shape index (κ2) is 49.9. The summed E-state index contributed by atoms with van der Waals surface area (Å²) in [4.78, 5) is 110. The summed E-state index contributed by atoms with van der Waals surface area (Å²) in [5, 5.41) is 59.8.